The summed E-state index contributed by atoms with van der Waals surface area (Å²) in [6.07, 6.45) is 1.40. The Kier molecular flexibility index (Phi) is 10.6. The Morgan fingerprint density at radius 1 is 0.782 bits per heavy atom. The van der Waals surface area contributed by atoms with Crippen LogP contribution in [0.1, 0.15) is 46.8 Å². The van der Waals surface area contributed by atoms with Crippen LogP contribution in [0.3, 0.4) is 0 Å². The number of aromatic nitrogens is 2. The number of benzene rings is 5. The van der Waals surface area contributed by atoms with Crippen molar-refractivity contribution in [2.45, 2.75) is 31.3 Å². The van der Waals surface area contributed by atoms with E-state index in [4.69, 9.17) is 9.84 Å². The van der Waals surface area contributed by atoms with Crippen molar-refractivity contribution in [3.8, 4) is 0 Å². The zero-order valence-corrected chi connectivity index (χ0v) is 32.8. The fraction of sp³-hybridized carbons (Fsp3) is 0.267. The van der Waals surface area contributed by atoms with Gasteiger partial charge in [0.15, 0.2) is 5.82 Å². The first-order valence-corrected chi connectivity index (χ1v) is 19.8. The van der Waals surface area contributed by atoms with Crippen LogP contribution >= 0.6 is 15.9 Å². The van der Waals surface area contributed by atoms with E-state index in [9.17, 15) is 9.59 Å². The number of carbonyl (C=O) groups excluding carboxylic acids is 2. The zero-order valence-electron chi connectivity index (χ0n) is 31.2. The van der Waals surface area contributed by atoms with Gasteiger partial charge in [0.05, 0.1) is 16.8 Å². The molecule has 6 aromatic rings. The number of likely N-dealkylation sites (N-methyl/N-ethyl adjacent to an activating group) is 1. The summed E-state index contributed by atoms with van der Waals surface area (Å²) in [4.78, 5) is 34.8. The molecule has 1 aromatic heterocycles. The van der Waals surface area contributed by atoms with Crippen molar-refractivity contribution in [1.82, 2.24) is 14.7 Å². The molecule has 0 spiro atoms. The minimum atomic E-state index is -0.907. The average Bonchev–Trinajstić information content (AvgIpc) is 3.56. The molecule has 2 fully saturated rings. The van der Waals surface area contributed by atoms with Crippen LogP contribution in [0.2, 0.25) is 0 Å². The highest BCUT2D eigenvalue weighted by Crippen LogP contribution is 2.44. The van der Waals surface area contributed by atoms with Crippen molar-refractivity contribution >= 4 is 55.8 Å². The Morgan fingerprint density at radius 3 is 1.93 bits per heavy atom. The van der Waals surface area contributed by atoms with E-state index in [0.29, 0.717) is 43.1 Å². The minimum absolute atomic E-state index is 0.0823. The summed E-state index contributed by atoms with van der Waals surface area (Å²) in [5, 5.41) is 9.37. The molecule has 0 saturated carbocycles. The van der Waals surface area contributed by atoms with E-state index in [1.807, 2.05) is 94.5 Å². The number of hydrogen-bond acceptors (Lipinski definition) is 6. The van der Waals surface area contributed by atoms with Gasteiger partial charge >= 0.3 is 0 Å². The van der Waals surface area contributed by atoms with E-state index in [2.05, 4.69) is 80.6 Å². The van der Waals surface area contributed by atoms with Crippen LogP contribution in [0.5, 0.6) is 0 Å². The highest BCUT2D eigenvalue weighted by molar-refractivity contribution is 9.10. The van der Waals surface area contributed by atoms with Crippen molar-refractivity contribution < 1.29 is 14.3 Å². The molecule has 0 radical (unpaired) electrons. The lowest BCUT2D eigenvalue weighted by Crippen LogP contribution is -2.45. The molecule has 0 unspecified atom stereocenters. The third kappa shape index (κ3) is 7.06. The molecule has 2 aliphatic rings. The maximum Gasteiger partial charge on any atom is 0.259 e. The average molecular weight is 798 g/mol. The van der Waals surface area contributed by atoms with Crippen molar-refractivity contribution in [3.63, 3.8) is 0 Å². The lowest BCUT2D eigenvalue weighted by Gasteiger charge is -2.37. The molecule has 10 heteroatoms. The molecular formula is C45H45BrN6O3. The lowest BCUT2D eigenvalue weighted by molar-refractivity contribution is -0.117. The summed E-state index contributed by atoms with van der Waals surface area (Å²) in [5.74, 6) is -0.0129. The highest BCUT2D eigenvalue weighted by atomic mass is 79.9. The number of rotatable bonds is 9. The Labute approximate surface area is 330 Å². The van der Waals surface area contributed by atoms with Gasteiger partial charge in [-0.25, -0.2) is 4.68 Å². The summed E-state index contributed by atoms with van der Waals surface area (Å²) < 4.78 is 8.61. The molecule has 8 rings (SSSR count). The van der Waals surface area contributed by atoms with Crippen LogP contribution in [0, 0.1) is 0 Å². The summed E-state index contributed by atoms with van der Waals surface area (Å²) in [5.41, 5.74) is 5.00. The SMILES string of the molecule is CC(=O)N(c1cc(N2CCN(C)CC2)ccc1C(=O)Nc1nn(C(c2ccccc2)(c2ccccc2)c2ccccc2)c2cc(Br)ccc12)C1CCOCC1. The fourth-order valence-electron chi connectivity index (χ4n) is 8.26. The second-order valence-electron chi connectivity index (χ2n) is 14.4. The third-order valence-corrected chi connectivity index (χ3v) is 11.5. The summed E-state index contributed by atoms with van der Waals surface area (Å²) in [7, 11) is 2.13. The fourth-order valence-corrected chi connectivity index (χ4v) is 8.60. The molecule has 2 saturated heterocycles. The van der Waals surface area contributed by atoms with Crippen molar-refractivity contribution in [3.05, 3.63) is 154 Å². The number of anilines is 3. The van der Waals surface area contributed by atoms with Gasteiger partial charge in [0.25, 0.3) is 5.91 Å². The van der Waals surface area contributed by atoms with E-state index >= 15 is 0 Å². The molecule has 280 valence electrons. The maximum absolute atomic E-state index is 14.8. The van der Waals surface area contributed by atoms with Gasteiger partial charge < -0.3 is 24.8 Å². The minimum Gasteiger partial charge on any atom is -0.381 e. The van der Waals surface area contributed by atoms with Crippen LogP contribution in [0.25, 0.3) is 10.9 Å². The molecule has 0 bridgehead atoms. The van der Waals surface area contributed by atoms with Gasteiger partial charge in [0.1, 0.15) is 5.54 Å². The van der Waals surface area contributed by atoms with E-state index in [1.165, 1.54) is 0 Å². The second kappa shape index (κ2) is 15.8. The molecule has 0 aliphatic carbocycles. The molecule has 55 heavy (non-hydrogen) atoms. The van der Waals surface area contributed by atoms with Gasteiger partial charge in [-0.05, 0) is 73.0 Å². The number of halogens is 1. The van der Waals surface area contributed by atoms with Gasteiger partial charge in [-0.2, -0.15) is 5.10 Å². The summed E-state index contributed by atoms with van der Waals surface area (Å²) in [6, 6.07) is 43.0. The molecule has 2 amide bonds. The maximum atomic E-state index is 14.8. The number of ether oxygens (including phenoxy) is 1. The van der Waals surface area contributed by atoms with Crippen molar-refractivity contribution in [2.75, 3.05) is 61.6 Å². The Balaban J connectivity index is 1.29. The summed E-state index contributed by atoms with van der Waals surface area (Å²) >= 11 is 3.74. The topological polar surface area (TPSA) is 82.9 Å². The highest BCUT2D eigenvalue weighted by Gasteiger charge is 2.41. The quantitative estimate of drug-likeness (QED) is 0.149. The van der Waals surface area contributed by atoms with E-state index in [0.717, 1.165) is 63.9 Å². The first-order chi connectivity index (χ1) is 26.8. The summed E-state index contributed by atoms with van der Waals surface area (Å²) in [6.45, 7) is 6.33. The van der Waals surface area contributed by atoms with Crippen molar-refractivity contribution in [2.24, 2.45) is 0 Å². The number of fused-ring (bicyclic) bond motifs is 1. The lowest BCUT2D eigenvalue weighted by atomic mass is 9.77. The van der Waals surface area contributed by atoms with E-state index < -0.39 is 5.54 Å². The molecule has 3 heterocycles. The van der Waals surface area contributed by atoms with Crippen LogP contribution in [-0.2, 0) is 15.1 Å². The molecule has 9 nitrogen and oxygen atoms in total. The largest absolute Gasteiger partial charge is 0.381 e. The predicted octanol–water partition coefficient (Wildman–Crippen LogP) is 8.18. The Hall–Kier alpha value is -5.29. The van der Waals surface area contributed by atoms with Gasteiger partial charge in [-0.3, -0.25) is 9.59 Å². The third-order valence-electron chi connectivity index (χ3n) is 11.0. The number of piperazine rings is 1. The molecular weight excluding hydrogens is 752 g/mol. The van der Waals surface area contributed by atoms with Crippen LogP contribution < -0.4 is 15.1 Å². The smallest absolute Gasteiger partial charge is 0.259 e. The number of hydrogen-bond donors (Lipinski definition) is 1. The number of amides is 2. The monoisotopic (exact) mass is 796 g/mol. The first kappa shape index (κ1) is 36.7. The second-order valence-corrected chi connectivity index (χ2v) is 15.3. The zero-order chi connectivity index (χ0) is 37.9. The molecule has 1 N–H and O–H groups in total. The van der Waals surface area contributed by atoms with Crippen LogP contribution in [0.4, 0.5) is 17.2 Å². The first-order valence-electron chi connectivity index (χ1n) is 19.0. The van der Waals surface area contributed by atoms with Crippen molar-refractivity contribution in [1.29, 1.82) is 0 Å². The van der Waals surface area contributed by atoms with E-state index in [1.54, 1.807) is 6.92 Å². The van der Waals surface area contributed by atoms with Gasteiger partial charge in [-0.15, -0.1) is 0 Å². The molecule has 5 aromatic carbocycles. The van der Waals surface area contributed by atoms with Gasteiger partial charge in [0, 0.05) is 67.9 Å². The van der Waals surface area contributed by atoms with Gasteiger partial charge in [-0.1, -0.05) is 107 Å². The number of nitrogens with zero attached hydrogens (tertiary/aromatic N) is 5. The number of nitrogens with one attached hydrogen (secondary N) is 1. The van der Waals surface area contributed by atoms with Crippen LogP contribution in [0.15, 0.2) is 132 Å². The molecule has 2 aliphatic heterocycles. The predicted molar refractivity (Wildman–Crippen MR) is 223 cm³/mol. The Morgan fingerprint density at radius 2 is 1.36 bits per heavy atom. The number of carbonyl (C=O) groups is 2. The normalized spacial score (nSPS) is 15.6. The van der Waals surface area contributed by atoms with E-state index in [-0.39, 0.29) is 17.9 Å². The van der Waals surface area contributed by atoms with Crippen LogP contribution in [-0.4, -0.2) is 79.0 Å². The molecule has 0 atom stereocenters. The Bertz CT molecular complexity index is 2190. The standard InChI is InChI=1S/C45H45BrN6O3/c1-32(53)51(37-22-28-55-29-23-37)41-31-38(50-26-24-49(2)25-27-50)19-21-40(41)44(54)47-43-39-20-18-36(46)30-42(39)52(48-43)45(33-12-6-3-7-13-33,34-14-8-4-9-15-34)35-16-10-5-11-17-35/h3-21,30-31,37H,22-29H2,1-2H3,(H,47,48,54). The van der Waals surface area contributed by atoms with Gasteiger partial charge in [0.2, 0.25) is 5.91 Å².